The van der Waals surface area contributed by atoms with Crippen LogP contribution in [0.4, 0.5) is 4.79 Å². The molecule has 0 aromatic heterocycles. The van der Waals surface area contributed by atoms with E-state index in [1.807, 2.05) is 66.7 Å². The molecule has 1 aliphatic heterocycles. The second-order valence-corrected chi connectivity index (χ2v) is 14.8. The van der Waals surface area contributed by atoms with E-state index in [2.05, 4.69) is 43.1 Å². The van der Waals surface area contributed by atoms with Crippen LogP contribution in [0.1, 0.15) is 41.7 Å². The van der Waals surface area contributed by atoms with Crippen molar-refractivity contribution in [1.82, 2.24) is 5.32 Å². The molecule has 5 aromatic rings. The minimum absolute atomic E-state index is 0.00159. The molecule has 1 amide bonds. The summed E-state index contributed by atoms with van der Waals surface area (Å²) in [5.41, 5.74) is 4.39. The first-order chi connectivity index (χ1) is 30.0. The molecule has 324 valence electrons. The van der Waals surface area contributed by atoms with Crippen molar-refractivity contribution >= 4 is 28.9 Å². The normalized spacial score (nSPS) is 16.9. The summed E-state index contributed by atoms with van der Waals surface area (Å²) in [6, 6.07) is 25.6. The maximum Gasteiger partial charge on any atom is 0.407 e. The van der Waals surface area contributed by atoms with Gasteiger partial charge < -0.3 is 52.7 Å². The van der Waals surface area contributed by atoms with Crippen molar-refractivity contribution in [3.8, 4) is 45.6 Å². The number of hydrogen-bond acceptors (Lipinski definition) is 12. The third-order valence-corrected chi connectivity index (χ3v) is 11.1. The number of methoxy groups -OCH3 is 5. The summed E-state index contributed by atoms with van der Waals surface area (Å²) >= 11 is 0. The van der Waals surface area contributed by atoms with Gasteiger partial charge in [-0.2, -0.15) is 0 Å². The number of carbonyl (C=O) groups is 2. The molecule has 13 nitrogen and oxygen atoms in total. The lowest BCUT2D eigenvalue weighted by Gasteiger charge is -2.39. The fourth-order valence-corrected chi connectivity index (χ4v) is 8.04. The topological polar surface area (TPSA) is 138 Å². The number of nitrogens with one attached hydrogen (secondary N) is 1. The van der Waals surface area contributed by atoms with Gasteiger partial charge in [0.1, 0.15) is 53.3 Å². The van der Waals surface area contributed by atoms with E-state index in [1.165, 1.54) is 0 Å². The van der Waals surface area contributed by atoms with Gasteiger partial charge in [-0.15, -0.1) is 0 Å². The highest BCUT2D eigenvalue weighted by molar-refractivity contribution is 6.09. The Balaban J connectivity index is 1.24. The third kappa shape index (κ3) is 8.20. The first kappa shape index (κ1) is 43.4. The maximum atomic E-state index is 12.1. The molecular formula is C49H51NO12. The highest BCUT2D eigenvalue weighted by Gasteiger charge is 2.48. The Morgan fingerprint density at radius 1 is 0.694 bits per heavy atom. The zero-order valence-electron chi connectivity index (χ0n) is 36.0. The first-order valence-corrected chi connectivity index (χ1v) is 20.1. The van der Waals surface area contributed by atoms with Gasteiger partial charge in [0.15, 0.2) is 5.60 Å². The molecule has 0 fully saturated rings. The van der Waals surface area contributed by atoms with Gasteiger partial charge in [0.25, 0.3) is 0 Å². The molecule has 13 heteroatoms. The summed E-state index contributed by atoms with van der Waals surface area (Å²) in [6.07, 6.45) is 3.52. The zero-order chi connectivity index (χ0) is 44.0. The number of hydrogen-bond donors (Lipinski definition) is 1. The monoisotopic (exact) mass is 845 g/mol. The number of carbonyl (C=O) groups excluding carboxylic acids is 2. The van der Waals surface area contributed by atoms with Crippen LogP contribution in [0.2, 0.25) is 0 Å². The van der Waals surface area contributed by atoms with E-state index < -0.39 is 23.3 Å². The number of fused-ring (bicyclic) bond motifs is 8. The van der Waals surface area contributed by atoms with Crippen molar-refractivity contribution in [2.24, 2.45) is 0 Å². The Bertz CT molecular complexity index is 2510. The molecule has 1 aliphatic carbocycles. The molecule has 0 saturated heterocycles. The van der Waals surface area contributed by atoms with Crippen LogP contribution in [0.15, 0.2) is 97.1 Å². The molecule has 2 atom stereocenters. The molecule has 0 spiro atoms. The standard InChI is InChI=1S/C49H51NO12/c1-30(2)46(51)59-22-21-50-47(52)60-25-23-58-24-26-61-48(3)41-28-34(55-6)14-17-37(41)43-36-16-13-33(54-5)27-39(36)45-38(44(43)48)19-20-49(62-45,31-9-11-32(53-4)12-10-31)40-18-15-35(56-7)29-42(40)57-8/h9-20,27-29H,1,21-26H2,2-8H3,(H,50,52). The smallest absolute Gasteiger partial charge is 0.407 e. The molecule has 5 aromatic carbocycles. The number of alkyl carbamates (subject to hydrolysis) is 1. The van der Waals surface area contributed by atoms with Gasteiger partial charge in [-0.25, -0.2) is 9.59 Å². The summed E-state index contributed by atoms with van der Waals surface area (Å²) in [4.78, 5) is 23.7. The SMILES string of the molecule is C=C(C)C(=O)OCCNC(=O)OCCOCCOC1(C)c2cc(OC)ccc2-c2c1c1c(c3cc(OC)ccc23)OC(c2ccc(OC)cc2)(c2ccc(OC)cc2OC)C=C1. The minimum Gasteiger partial charge on any atom is -0.497 e. The van der Waals surface area contributed by atoms with Crippen LogP contribution in [0.25, 0.3) is 28.0 Å². The Hall–Kier alpha value is -6.70. The van der Waals surface area contributed by atoms with Crippen LogP contribution < -0.4 is 33.7 Å². The van der Waals surface area contributed by atoms with Crippen LogP contribution in [-0.2, 0) is 34.9 Å². The average molecular weight is 846 g/mol. The van der Waals surface area contributed by atoms with Gasteiger partial charge in [0.2, 0.25) is 0 Å². The summed E-state index contributed by atoms with van der Waals surface area (Å²) in [7, 11) is 8.17. The number of esters is 1. The summed E-state index contributed by atoms with van der Waals surface area (Å²) in [6.45, 7) is 7.80. The lowest BCUT2D eigenvalue weighted by molar-refractivity contribution is -0.138. The van der Waals surface area contributed by atoms with Gasteiger partial charge in [0, 0.05) is 39.3 Å². The van der Waals surface area contributed by atoms with Crippen molar-refractivity contribution in [3.63, 3.8) is 0 Å². The van der Waals surface area contributed by atoms with E-state index in [-0.39, 0.29) is 45.2 Å². The second-order valence-electron chi connectivity index (χ2n) is 14.8. The van der Waals surface area contributed by atoms with Gasteiger partial charge in [0.05, 0.1) is 61.9 Å². The number of benzene rings is 5. The van der Waals surface area contributed by atoms with Gasteiger partial charge in [-0.1, -0.05) is 30.9 Å². The highest BCUT2D eigenvalue weighted by Crippen LogP contribution is 2.59. The first-order valence-electron chi connectivity index (χ1n) is 20.1. The van der Waals surface area contributed by atoms with E-state index in [9.17, 15) is 9.59 Å². The Morgan fingerprint density at radius 2 is 1.35 bits per heavy atom. The van der Waals surface area contributed by atoms with Crippen LogP contribution in [-0.4, -0.2) is 87.2 Å². The Labute approximate surface area is 361 Å². The summed E-state index contributed by atoms with van der Waals surface area (Å²) in [5.74, 6) is 3.39. The fraction of sp³-hybridized carbons (Fsp3) is 0.306. The fourth-order valence-electron chi connectivity index (χ4n) is 8.04. The van der Waals surface area contributed by atoms with Crippen LogP contribution in [0, 0.1) is 0 Å². The van der Waals surface area contributed by atoms with Gasteiger partial charge in [-0.3, -0.25) is 0 Å². The van der Waals surface area contributed by atoms with Crippen LogP contribution >= 0.6 is 0 Å². The lowest BCUT2D eigenvalue weighted by atomic mass is 9.80. The molecular weight excluding hydrogens is 795 g/mol. The average Bonchev–Trinajstić information content (AvgIpc) is 3.56. The maximum absolute atomic E-state index is 12.1. The third-order valence-electron chi connectivity index (χ3n) is 11.1. The number of ether oxygens (including phenoxy) is 10. The number of amides is 1. The molecule has 1 N–H and O–H groups in total. The van der Waals surface area contributed by atoms with Crippen molar-refractivity contribution in [3.05, 3.63) is 125 Å². The molecule has 2 aliphatic rings. The van der Waals surface area contributed by atoms with Gasteiger partial charge in [-0.05, 0) is 96.6 Å². The van der Waals surface area contributed by atoms with Gasteiger partial charge >= 0.3 is 12.1 Å². The molecule has 0 bridgehead atoms. The second kappa shape index (κ2) is 18.5. The van der Waals surface area contributed by atoms with Crippen molar-refractivity contribution in [1.29, 1.82) is 0 Å². The van der Waals surface area contributed by atoms with E-state index in [1.54, 1.807) is 42.5 Å². The van der Waals surface area contributed by atoms with Crippen molar-refractivity contribution in [2.45, 2.75) is 25.0 Å². The molecule has 2 unspecified atom stereocenters. The van der Waals surface area contributed by atoms with E-state index in [4.69, 9.17) is 47.4 Å². The highest BCUT2D eigenvalue weighted by atomic mass is 16.6. The zero-order valence-corrected chi connectivity index (χ0v) is 36.0. The lowest BCUT2D eigenvalue weighted by Crippen LogP contribution is -2.36. The van der Waals surface area contributed by atoms with Crippen LogP contribution in [0.3, 0.4) is 0 Å². The number of rotatable bonds is 18. The molecule has 7 rings (SSSR count). The molecule has 62 heavy (non-hydrogen) atoms. The van der Waals surface area contributed by atoms with E-state index >= 15 is 0 Å². The van der Waals surface area contributed by atoms with Crippen molar-refractivity contribution < 1.29 is 57.0 Å². The predicted octanol–water partition coefficient (Wildman–Crippen LogP) is 8.35. The van der Waals surface area contributed by atoms with Crippen molar-refractivity contribution in [2.75, 3.05) is 75.1 Å². The van der Waals surface area contributed by atoms with E-state index in [0.717, 1.165) is 49.7 Å². The largest absolute Gasteiger partial charge is 0.497 e. The molecule has 1 heterocycles. The van der Waals surface area contributed by atoms with Crippen LogP contribution in [0.5, 0.6) is 34.5 Å². The quantitative estimate of drug-likeness (QED) is 0.0515. The van der Waals surface area contributed by atoms with E-state index in [0.29, 0.717) is 34.5 Å². The molecule has 0 saturated carbocycles. The predicted molar refractivity (Wildman–Crippen MR) is 234 cm³/mol. The Morgan fingerprint density at radius 3 is 2.06 bits per heavy atom. The summed E-state index contributed by atoms with van der Waals surface area (Å²) < 4.78 is 59.2. The Kier molecular flexibility index (Phi) is 13.0. The molecule has 0 radical (unpaired) electrons. The minimum atomic E-state index is -1.17. The summed E-state index contributed by atoms with van der Waals surface area (Å²) in [5, 5.41) is 4.32.